The Balaban J connectivity index is 2.58. The minimum atomic E-state index is 0.618. The van der Waals surface area contributed by atoms with Crippen LogP contribution in [0.1, 0.15) is 37.4 Å². The Morgan fingerprint density at radius 3 is 2.35 bits per heavy atom. The van der Waals surface area contributed by atoms with E-state index in [1.165, 1.54) is 16.3 Å². The Morgan fingerprint density at radius 1 is 1.18 bits per heavy atom. The third kappa shape index (κ3) is 5.19. The molecule has 1 N–H and O–H groups in total. The molecule has 0 aromatic carbocycles. The van der Waals surface area contributed by atoms with Gasteiger partial charge < -0.3 is 5.32 Å². The second-order valence-electron chi connectivity index (χ2n) is 5.32. The van der Waals surface area contributed by atoms with Crippen LogP contribution < -0.4 is 5.32 Å². The van der Waals surface area contributed by atoms with E-state index in [0.29, 0.717) is 6.04 Å². The van der Waals surface area contributed by atoms with Gasteiger partial charge in [0.2, 0.25) is 0 Å². The molecule has 1 rings (SSSR count). The summed E-state index contributed by atoms with van der Waals surface area (Å²) in [7, 11) is 2.00. The van der Waals surface area contributed by atoms with Gasteiger partial charge in [0.15, 0.2) is 0 Å². The third-order valence-electron chi connectivity index (χ3n) is 2.76. The number of nitrogens with one attached hydrogen (secondary N) is 1. The van der Waals surface area contributed by atoms with E-state index in [0.717, 1.165) is 19.0 Å². The lowest BCUT2D eigenvalue weighted by Gasteiger charge is -2.27. The van der Waals surface area contributed by atoms with E-state index in [2.05, 4.69) is 50.0 Å². The van der Waals surface area contributed by atoms with Crippen molar-refractivity contribution in [1.29, 1.82) is 0 Å². The molecule has 3 heteroatoms. The van der Waals surface area contributed by atoms with Crippen LogP contribution in [0.25, 0.3) is 0 Å². The number of rotatable bonds is 7. The van der Waals surface area contributed by atoms with E-state index < -0.39 is 0 Å². The average Bonchev–Trinajstić information content (AvgIpc) is 2.64. The van der Waals surface area contributed by atoms with Gasteiger partial charge in [0.1, 0.15) is 0 Å². The van der Waals surface area contributed by atoms with Crippen LogP contribution in [0.15, 0.2) is 12.1 Å². The van der Waals surface area contributed by atoms with Crippen molar-refractivity contribution in [3.8, 4) is 0 Å². The SMILES string of the molecule is CNCc1ccc(CN(CC(C)C)C(C)C)s1. The molecule has 0 spiro atoms. The molecule has 0 aliphatic rings. The molecule has 2 nitrogen and oxygen atoms in total. The number of nitrogens with zero attached hydrogens (tertiary/aromatic N) is 1. The highest BCUT2D eigenvalue weighted by atomic mass is 32.1. The van der Waals surface area contributed by atoms with Gasteiger partial charge in [0.25, 0.3) is 0 Å². The first-order chi connectivity index (χ1) is 8.02. The molecule has 0 aliphatic heterocycles. The summed E-state index contributed by atoms with van der Waals surface area (Å²) < 4.78 is 0. The van der Waals surface area contributed by atoms with Crippen molar-refractivity contribution in [3.05, 3.63) is 21.9 Å². The summed E-state index contributed by atoms with van der Waals surface area (Å²) >= 11 is 1.93. The Bertz CT molecular complexity index is 318. The van der Waals surface area contributed by atoms with E-state index in [1.54, 1.807) is 0 Å². The lowest BCUT2D eigenvalue weighted by Crippen LogP contribution is -2.33. The lowest BCUT2D eigenvalue weighted by atomic mass is 10.2. The third-order valence-corrected chi connectivity index (χ3v) is 3.83. The summed E-state index contributed by atoms with van der Waals surface area (Å²) in [5.41, 5.74) is 0. The fraction of sp³-hybridized carbons (Fsp3) is 0.714. The smallest absolute Gasteiger partial charge is 0.0330 e. The summed E-state index contributed by atoms with van der Waals surface area (Å²) in [6, 6.07) is 5.13. The molecule has 98 valence electrons. The van der Waals surface area contributed by atoms with Crippen molar-refractivity contribution in [2.24, 2.45) is 5.92 Å². The van der Waals surface area contributed by atoms with Gasteiger partial charge in [-0.3, -0.25) is 4.90 Å². The van der Waals surface area contributed by atoms with E-state index >= 15 is 0 Å². The molecule has 0 saturated heterocycles. The molecule has 0 fully saturated rings. The van der Waals surface area contributed by atoms with Crippen LogP contribution in [0, 0.1) is 5.92 Å². The monoisotopic (exact) mass is 254 g/mol. The number of hydrogen-bond acceptors (Lipinski definition) is 3. The van der Waals surface area contributed by atoms with Crippen LogP contribution in [0.4, 0.5) is 0 Å². The summed E-state index contributed by atoms with van der Waals surface area (Å²) in [6.45, 7) is 12.4. The maximum Gasteiger partial charge on any atom is 0.0330 e. The van der Waals surface area contributed by atoms with Gasteiger partial charge >= 0.3 is 0 Å². The second-order valence-corrected chi connectivity index (χ2v) is 6.57. The maximum absolute atomic E-state index is 3.20. The molecule has 0 unspecified atom stereocenters. The predicted molar refractivity (Wildman–Crippen MR) is 77.5 cm³/mol. The standard InChI is InChI=1S/C14H26N2S/c1-11(2)9-16(12(3)4)10-14-7-6-13(17-14)8-15-5/h6-7,11-12,15H,8-10H2,1-5H3. The average molecular weight is 254 g/mol. The van der Waals surface area contributed by atoms with Crippen molar-refractivity contribution in [2.75, 3.05) is 13.6 Å². The molecule has 1 aromatic rings. The quantitative estimate of drug-likeness (QED) is 0.803. The highest BCUT2D eigenvalue weighted by Gasteiger charge is 2.12. The van der Waals surface area contributed by atoms with E-state index in [-0.39, 0.29) is 0 Å². The van der Waals surface area contributed by atoms with E-state index in [9.17, 15) is 0 Å². The van der Waals surface area contributed by atoms with Gasteiger partial charge in [-0.2, -0.15) is 0 Å². The van der Waals surface area contributed by atoms with Crippen LogP contribution in [0.5, 0.6) is 0 Å². The molecule has 0 bridgehead atoms. The molecular formula is C14H26N2S. The first kappa shape index (κ1) is 14.7. The van der Waals surface area contributed by atoms with Crippen molar-refractivity contribution in [1.82, 2.24) is 10.2 Å². The molecule has 0 radical (unpaired) electrons. The van der Waals surface area contributed by atoms with Crippen LogP contribution in [-0.4, -0.2) is 24.5 Å². The molecule has 1 aromatic heterocycles. The molecule has 1 heterocycles. The minimum absolute atomic E-state index is 0.618. The van der Waals surface area contributed by atoms with E-state index in [4.69, 9.17) is 0 Å². The number of thiophene rings is 1. The van der Waals surface area contributed by atoms with Gasteiger partial charge in [-0.25, -0.2) is 0 Å². The van der Waals surface area contributed by atoms with Crippen molar-refractivity contribution in [3.63, 3.8) is 0 Å². The lowest BCUT2D eigenvalue weighted by molar-refractivity contribution is 0.191. The largest absolute Gasteiger partial charge is 0.315 e. The maximum atomic E-state index is 3.20. The van der Waals surface area contributed by atoms with Gasteiger partial charge in [-0.05, 0) is 38.9 Å². The highest BCUT2D eigenvalue weighted by Crippen LogP contribution is 2.19. The summed E-state index contributed by atoms with van der Waals surface area (Å²) in [6.07, 6.45) is 0. The minimum Gasteiger partial charge on any atom is -0.315 e. The zero-order chi connectivity index (χ0) is 12.8. The van der Waals surface area contributed by atoms with Crippen LogP contribution in [0.3, 0.4) is 0 Å². The van der Waals surface area contributed by atoms with Crippen LogP contribution in [0.2, 0.25) is 0 Å². The second kappa shape index (κ2) is 7.14. The molecular weight excluding hydrogens is 228 g/mol. The Morgan fingerprint density at radius 2 is 1.82 bits per heavy atom. The fourth-order valence-corrected chi connectivity index (χ4v) is 2.96. The number of hydrogen-bond donors (Lipinski definition) is 1. The van der Waals surface area contributed by atoms with Gasteiger partial charge in [0.05, 0.1) is 0 Å². The summed E-state index contributed by atoms with van der Waals surface area (Å²) in [5, 5.41) is 3.20. The molecule has 0 amide bonds. The topological polar surface area (TPSA) is 15.3 Å². The highest BCUT2D eigenvalue weighted by molar-refractivity contribution is 7.11. The van der Waals surface area contributed by atoms with Crippen molar-refractivity contribution in [2.45, 2.75) is 46.8 Å². The zero-order valence-corrected chi connectivity index (χ0v) is 12.6. The van der Waals surface area contributed by atoms with Gasteiger partial charge in [0, 0.05) is 35.4 Å². The van der Waals surface area contributed by atoms with Gasteiger partial charge in [-0.1, -0.05) is 13.8 Å². The Hall–Kier alpha value is -0.380. The Kier molecular flexibility index (Phi) is 6.17. The predicted octanol–water partition coefficient (Wildman–Crippen LogP) is 3.33. The van der Waals surface area contributed by atoms with Crippen LogP contribution in [-0.2, 0) is 13.1 Å². The fourth-order valence-electron chi connectivity index (χ4n) is 1.90. The first-order valence-electron chi connectivity index (χ1n) is 6.49. The Labute approximate surface area is 110 Å². The first-order valence-corrected chi connectivity index (χ1v) is 7.30. The zero-order valence-electron chi connectivity index (χ0n) is 11.8. The van der Waals surface area contributed by atoms with Crippen LogP contribution >= 0.6 is 11.3 Å². The molecule has 0 saturated carbocycles. The summed E-state index contributed by atoms with van der Waals surface area (Å²) in [5.74, 6) is 0.731. The van der Waals surface area contributed by atoms with Crippen molar-refractivity contribution < 1.29 is 0 Å². The molecule has 0 atom stereocenters. The van der Waals surface area contributed by atoms with Gasteiger partial charge in [-0.15, -0.1) is 11.3 Å². The summed E-state index contributed by atoms with van der Waals surface area (Å²) in [4.78, 5) is 5.46. The van der Waals surface area contributed by atoms with E-state index in [1.807, 2.05) is 18.4 Å². The molecule has 0 aliphatic carbocycles. The molecule has 17 heavy (non-hydrogen) atoms. The van der Waals surface area contributed by atoms with Crippen molar-refractivity contribution >= 4 is 11.3 Å². The normalized spacial score (nSPS) is 12.0.